The summed E-state index contributed by atoms with van der Waals surface area (Å²) in [5.41, 5.74) is 4.01. The number of fused-ring (bicyclic) bond motifs is 1. The number of carbonyl (C=O) groups excluding carboxylic acids is 1. The molecule has 1 saturated heterocycles. The zero-order valence-electron chi connectivity index (χ0n) is 37.6. The van der Waals surface area contributed by atoms with Crippen LogP contribution < -0.4 is 15.3 Å². The third-order valence-electron chi connectivity index (χ3n) is 11.7. The molecule has 0 radical (unpaired) electrons. The predicted molar refractivity (Wildman–Crippen MR) is 244 cm³/mol. The summed E-state index contributed by atoms with van der Waals surface area (Å²) in [5, 5.41) is 13.9. The Morgan fingerprint density at radius 2 is 1.49 bits per heavy atom. The van der Waals surface area contributed by atoms with Crippen LogP contribution in [-0.2, 0) is 29.8 Å². The third kappa shape index (κ3) is 16.4. The van der Waals surface area contributed by atoms with Gasteiger partial charge in [0.15, 0.2) is 22.6 Å². The molecule has 4 aromatic rings. The fraction of sp³-hybridized carbons (Fsp3) is 0.583. The Labute approximate surface area is 381 Å². The summed E-state index contributed by atoms with van der Waals surface area (Å²) in [6.07, 6.45) is 26.3. The van der Waals surface area contributed by atoms with Crippen LogP contribution in [0.3, 0.4) is 0 Å². The molecule has 1 aliphatic heterocycles. The average Bonchev–Trinajstić information content (AvgIpc) is 3.85. The van der Waals surface area contributed by atoms with Crippen molar-refractivity contribution in [1.29, 1.82) is 0 Å². The number of unbranched alkanes of at least 4 members (excludes halogenated alkanes) is 18. The van der Waals surface area contributed by atoms with Crippen molar-refractivity contribution in [2.45, 2.75) is 166 Å². The number of nitrogens with zero attached hydrogens (tertiary/aromatic N) is 4. The molecule has 356 valence electrons. The standard InChI is InChI=1S/C48H66F3N6O7P/c1-3-5-6-7-8-9-10-11-12-13-14-15-16-17-18-19-20-21-25-28-61-46(59)40(31-36-29-37(49)32-38(50)30-36)56-65(60,64-39-26-23-22-24-27-39)62-34-48(4-2)41(58)33-42(63-48)57-35-53-43-44(52)54-47(51)55-45(43)57/h2,22-24,26-27,29-30,32,35,40-42,58H,3,5-21,25,28,31,33-34H2,1H3,(H,56,60)(H2,52,54,55)/t40-,41-,42+,48+,65-/m0/s1. The second-order valence-electron chi connectivity index (χ2n) is 16.9. The second-order valence-corrected chi connectivity index (χ2v) is 18.6. The number of rotatable bonds is 31. The minimum Gasteiger partial charge on any atom is -0.465 e. The number of nitrogens with one attached hydrogen (secondary N) is 1. The number of aliphatic hydroxyl groups excluding tert-OH is 1. The molecule has 0 aliphatic carbocycles. The molecule has 1 fully saturated rings. The Bertz CT molecular complexity index is 2140. The lowest BCUT2D eigenvalue weighted by molar-refractivity contribution is -0.146. The predicted octanol–water partition coefficient (Wildman–Crippen LogP) is 10.9. The van der Waals surface area contributed by atoms with Gasteiger partial charge >= 0.3 is 19.8 Å². The maximum Gasteiger partial charge on any atom is 0.459 e. The monoisotopic (exact) mass is 926 g/mol. The number of aromatic nitrogens is 4. The first-order valence-electron chi connectivity index (χ1n) is 23.3. The topological polar surface area (TPSA) is 173 Å². The molecule has 0 saturated carbocycles. The zero-order chi connectivity index (χ0) is 46.5. The average molecular weight is 927 g/mol. The van der Waals surface area contributed by atoms with E-state index in [9.17, 15) is 27.6 Å². The van der Waals surface area contributed by atoms with E-state index in [0.717, 1.165) is 37.8 Å². The second kappa shape index (κ2) is 26.6. The molecule has 0 unspecified atom stereocenters. The summed E-state index contributed by atoms with van der Waals surface area (Å²) in [6, 6.07) is 9.23. The molecule has 2 aromatic carbocycles. The van der Waals surface area contributed by atoms with Gasteiger partial charge in [-0.3, -0.25) is 13.9 Å². The highest BCUT2D eigenvalue weighted by Gasteiger charge is 2.50. The molecule has 0 bridgehead atoms. The number of halogens is 3. The van der Waals surface area contributed by atoms with E-state index in [1.165, 1.54) is 113 Å². The number of para-hydroxylation sites is 1. The number of imidazole rings is 1. The highest BCUT2D eigenvalue weighted by molar-refractivity contribution is 7.52. The van der Waals surface area contributed by atoms with Crippen LogP contribution in [0.25, 0.3) is 11.2 Å². The molecular formula is C48H66F3N6O7P. The number of carbonyl (C=O) groups is 1. The number of benzene rings is 2. The summed E-state index contributed by atoms with van der Waals surface area (Å²) >= 11 is 0. The van der Waals surface area contributed by atoms with E-state index in [-0.39, 0.29) is 47.7 Å². The molecule has 0 amide bonds. The Morgan fingerprint density at radius 3 is 2.06 bits per heavy atom. The number of anilines is 1. The lowest BCUT2D eigenvalue weighted by Gasteiger charge is -2.30. The molecule has 1 aliphatic rings. The van der Waals surface area contributed by atoms with E-state index in [4.69, 9.17) is 30.7 Å². The number of hydrogen-bond donors (Lipinski definition) is 3. The molecule has 13 nitrogen and oxygen atoms in total. The molecule has 3 heterocycles. The van der Waals surface area contributed by atoms with Gasteiger partial charge in [0.05, 0.1) is 12.9 Å². The number of aliphatic hydroxyl groups is 1. The lowest BCUT2D eigenvalue weighted by Crippen LogP contribution is -2.44. The van der Waals surface area contributed by atoms with Crippen LogP contribution in [-0.4, -0.2) is 61.6 Å². The van der Waals surface area contributed by atoms with Gasteiger partial charge in [0.25, 0.3) is 0 Å². The number of nitrogen functional groups attached to an aromatic ring is 1. The van der Waals surface area contributed by atoms with E-state index in [2.05, 4.69) is 32.9 Å². The van der Waals surface area contributed by atoms with E-state index in [1.54, 1.807) is 18.2 Å². The quantitative estimate of drug-likeness (QED) is 0.0144. The fourth-order valence-electron chi connectivity index (χ4n) is 8.03. The first-order valence-corrected chi connectivity index (χ1v) is 24.9. The molecule has 0 spiro atoms. The van der Waals surface area contributed by atoms with Gasteiger partial charge < -0.3 is 24.8 Å². The summed E-state index contributed by atoms with van der Waals surface area (Å²) in [6.45, 7) is 1.57. The van der Waals surface area contributed by atoms with Crippen molar-refractivity contribution >= 4 is 30.7 Å². The van der Waals surface area contributed by atoms with Gasteiger partial charge in [-0.05, 0) is 42.7 Å². The SMILES string of the molecule is C#C[C@]1(CO[P@@](=O)(N[C@@H](Cc2cc(F)cc(F)c2)C(=O)OCCCCCCCCCCCCCCCCCCCCC)Oc2ccccc2)O[C@@H](n2cnc3c(N)nc(F)nc32)C[C@@H]1O. The highest BCUT2D eigenvalue weighted by atomic mass is 31.2. The van der Waals surface area contributed by atoms with Crippen molar-refractivity contribution in [2.75, 3.05) is 18.9 Å². The van der Waals surface area contributed by atoms with Crippen molar-refractivity contribution in [2.24, 2.45) is 0 Å². The Kier molecular flexibility index (Phi) is 21.0. The van der Waals surface area contributed by atoms with Gasteiger partial charge in [-0.15, -0.1) is 6.42 Å². The molecule has 65 heavy (non-hydrogen) atoms. The number of nitrogens with two attached hydrogens (primary N) is 1. The van der Waals surface area contributed by atoms with Crippen LogP contribution in [0.5, 0.6) is 5.75 Å². The number of ether oxygens (including phenoxy) is 2. The smallest absolute Gasteiger partial charge is 0.459 e. The minimum absolute atomic E-state index is 0.0175. The van der Waals surface area contributed by atoms with Crippen LogP contribution in [0.15, 0.2) is 54.9 Å². The number of hydrogen-bond acceptors (Lipinski definition) is 11. The van der Waals surface area contributed by atoms with E-state index in [1.807, 2.05) is 0 Å². The number of terminal acetylenes is 1. The Morgan fingerprint density at radius 1 is 0.923 bits per heavy atom. The Balaban J connectivity index is 1.14. The lowest BCUT2D eigenvalue weighted by atomic mass is 9.99. The molecule has 5 rings (SSSR count). The maximum atomic E-state index is 14.8. The van der Waals surface area contributed by atoms with Gasteiger partial charge in [0.1, 0.15) is 42.4 Å². The van der Waals surface area contributed by atoms with Crippen molar-refractivity contribution in [3.63, 3.8) is 0 Å². The summed E-state index contributed by atoms with van der Waals surface area (Å²) in [7, 11) is -4.69. The number of esters is 1. The molecule has 4 N–H and O–H groups in total. The van der Waals surface area contributed by atoms with E-state index in [0.29, 0.717) is 12.5 Å². The van der Waals surface area contributed by atoms with E-state index < -0.39 is 62.0 Å². The van der Waals surface area contributed by atoms with Crippen molar-refractivity contribution in [1.82, 2.24) is 24.6 Å². The molecule has 17 heteroatoms. The first-order chi connectivity index (χ1) is 31.4. The van der Waals surface area contributed by atoms with Gasteiger partial charge in [0.2, 0.25) is 0 Å². The largest absolute Gasteiger partial charge is 0.465 e. The maximum absolute atomic E-state index is 14.8. The van der Waals surface area contributed by atoms with Crippen molar-refractivity contribution in [3.8, 4) is 18.1 Å². The molecular weight excluding hydrogens is 861 g/mol. The minimum atomic E-state index is -4.69. The zero-order valence-corrected chi connectivity index (χ0v) is 38.5. The van der Waals surface area contributed by atoms with Crippen LogP contribution in [0.2, 0.25) is 0 Å². The molecule has 2 aromatic heterocycles. The van der Waals surface area contributed by atoms with Gasteiger partial charge in [0, 0.05) is 12.5 Å². The van der Waals surface area contributed by atoms with Crippen LogP contribution in [0.1, 0.15) is 147 Å². The molecule has 5 atom stereocenters. The van der Waals surface area contributed by atoms with Crippen molar-refractivity contribution in [3.05, 3.63) is 78.1 Å². The van der Waals surface area contributed by atoms with Gasteiger partial charge in [-0.1, -0.05) is 147 Å². The summed E-state index contributed by atoms with van der Waals surface area (Å²) < 4.78 is 82.4. The van der Waals surface area contributed by atoms with E-state index >= 15 is 0 Å². The fourth-order valence-corrected chi connectivity index (χ4v) is 9.55. The van der Waals surface area contributed by atoms with Crippen LogP contribution in [0.4, 0.5) is 19.0 Å². The summed E-state index contributed by atoms with van der Waals surface area (Å²) in [4.78, 5) is 25.1. The summed E-state index contributed by atoms with van der Waals surface area (Å²) in [5.74, 6) is -0.348. The van der Waals surface area contributed by atoms with Gasteiger partial charge in [-0.25, -0.2) is 18.3 Å². The van der Waals surface area contributed by atoms with Crippen LogP contribution >= 0.6 is 7.75 Å². The Hall–Kier alpha value is -4.52. The van der Waals surface area contributed by atoms with Gasteiger partial charge in [-0.2, -0.15) is 19.4 Å². The first kappa shape index (κ1) is 51.5. The normalized spacial score (nSPS) is 18.6. The van der Waals surface area contributed by atoms with Crippen LogP contribution in [0, 0.1) is 30.1 Å². The third-order valence-corrected chi connectivity index (χ3v) is 13.2. The van der Waals surface area contributed by atoms with Crippen molar-refractivity contribution < 1.29 is 46.2 Å². The highest BCUT2D eigenvalue weighted by Crippen LogP contribution is 2.48.